The maximum absolute atomic E-state index is 6.01. The topological polar surface area (TPSA) is 77.5 Å². The summed E-state index contributed by atoms with van der Waals surface area (Å²) in [5.41, 5.74) is 10.2. The Hall–Kier alpha value is -2.39. The summed E-state index contributed by atoms with van der Waals surface area (Å²) in [5.74, 6) is 0.404. The Kier molecular flexibility index (Phi) is 8.28. The molecule has 7 heteroatoms. The van der Waals surface area contributed by atoms with E-state index in [2.05, 4.69) is 39.7 Å². The first-order chi connectivity index (χ1) is 12.8. The van der Waals surface area contributed by atoms with Crippen LogP contribution in [0.3, 0.4) is 0 Å². The number of methoxy groups -OCH3 is 1. The Balaban J connectivity index is 0.00000261. The molecule has 0 spiro atoms. The second-order valence-corrected chi connectivity index (χ2v) is 5.85. The summed E-state index contributed by atoms with van der Waals surface area (Å²) in [7, 11) is 1.67. The van der Waals surface area contributed by atoms with Gasteiger partial charge in [-0.3, -0.25) is 4.99 Å². The van der Waals surface area contributed by atoms with Gasteiger partial charge in [0.2, 0.25) is 0 Å². The molecule has 1 heterocycles. The minimum atomic E-state index is 0. The van der Waals surface area contributed by atoms with Crippen LogP contribution >= 0.6 is 24.0 Å². The zero-order valence-electron chi connectivity index (χ0n) is 15.2. The van der Waals surface area contributed by atoms with Gasteiger partial charge >= 0.3 is 0 Å². The molecular weight excluding hydrogens is 453 g/mol. The third-order valence-electron chi connectivity index (χ3n) is 3.97. The van der Waals surface area contributed by atoms with Crippen molar-refractivity contribution >= 4 is 35.6 Å². The number of para-hydroxylation sites is 1. The van der Waals surface area contributed by atoms with Gasteiger partial charge in [0, 0.05) is 37.3 Å². The van der Waals surface area contributed by atoms with E-state index in [1.165, 1.54) is 5.56 Å². The van der Waals surface area contributed by atoms with Gasteiger partial charge < -0.3 is 15.8 Å². The normalized spacial score (nSPS) is 11.1. The van der Waals surface area contributed by atoms with Crippen LogP contribution in [0.2, 0.25) is 0 Å². The fourth-order valence-electron chi connectivity index (χ4n) is 2.64. The van der Waals surface area contributed by atoms with E-state index in [0.29, 0.717) is 19.1 Å². The van der Waals surface area contributed by atoms with Crippen LogP contribution in [-0.4, -0.2) is 29.4 Å². The lowest BCUT2D eigenvalue weighted by atomic mass is 10.1. The van der Waals surface area contributed by atoms with Crippen molar-refractivity contribution in [3.05, 3.63) is 78.1 Å². The molecule has 3 aromatic rings. The summed E-state index contributed by atoms with van der Waals surface area (Å²) >= 11 is 0. The predicted octanol–water partition coefficient (Wildman–Crippen LogP) is 3.61. The second-order valence-electron chi connectivity index (χ2n) is 5.85. The summed E-state index contributed by atoms with van der Waals surface area (Å²) in [5, 5.41) is 7.37. The highest BCUT2D eigenvalue weighted by Crippen LogP contribution is 2.15. The van der Waals surface area contributed by atoms with Gasteiger partial charge in [0.05, 0.1) is 12.3 Å². The summed E-state index contributed by atoms with van der Waals surface area (Å²) in [4.78, 5) is 4.41. The Bertz CT molecular complexity index is 847. The smallest absolute Gasteiger partial charge is 0.193 e. The van der Waals surface area contributed by atoms with Crippen molar-refractivity contribution in [2.75, 3.05) is 19.0 Å². The van der Waals surface area contributed by atoms with E-state index in [1.807, 2.05) is 41.2 Å². The molecule has 0 aliphatic carbocycles. The molecule has 2 aromatic carbocycles. The van der Waals surface area contributed by atoms with Crippen molar-refractivity contribution < 1.29 is 4.74 Å². The third kappa shape index (κ3) is 6.07. The minimum absolute atomic E-state index is 0. The summed E-state index contributed by atoms with van der Waals surface area (Å²) in [6.45, 7) is 1.14. The van der Waals surface area contributed by atoms with Gasteiger partial charge in [-0.25, -0.2) is 4.68 Å². The SMILES string of the molecule is COCc1ccccc1NC(N)=NCCc1ccc(-n2cccn2)cc1.I. The Morgan fingerprint density at radius 3 is 2.63 bits per heavy atom. The number of benzene rings is 2. The van der Waals surface area contributed by atoms with E-state index in [1.54, 1.807) is 13.3 Å². The molecule has 1 aromatic heterocycles. The van der Waals surface area contributed by atoms with Gasteiger partial charge in [-0.05, 0) is 36.2 Å². The van der Waals surface area contributed by atoms with Gasteiger partial charge in [0.15, 0.2) is 5.96 Å². The molecule has 0 aliphatic heterocycles. The van der Waals surface area contributed by atoms with Crippen molar-refractivity contribution in [1.82, 2.24) is 9.78 Å². The van der Waals surface area contributed by atoms with Gasteiger partial charge in [-0.15, -0.1) is 24.0 Å². The van der Waals surface area contributed by atoms with Crippen LogP contribution < -0.4 is 11.1 Å². The Morgan fingerprint density at radius 1 is 1.15 bits per heavy atom. The molecule has 142 valence electrons. The molecule has 0 saturated carbocycles. The first-order valence-corrected chi connectivity index (χ1v) is 8.49. The van der Waals surface area contributed by atoms with E-state index in [0.717, 1.165) is 23.4 Å². The average molecular weight is 477 g/mol. The number of anilines is 1. The number of aromatic nitrogens is 2. The first-order valence-electron chi connectivity index (χ1n) is 8.49. The first kappa shape index (κ1) is 20.9. The molecule has 3 N–H and O–H groups in total. The third-order valence-corrected chi connectivity index (χ3v) is 3.97. The highest BCUT2D eigenvalue weighted by Gasteiger charge is 2.02. The van der Waals surface area contributed by atoms with Crippen LogP contribution in [0.4, 0.5) is 5.69 Å². The largest absolute Gasteiger partial charge is 0.380 e. The van der Waals surface area contributed by atoms with Crippen molar-refractivity contribution in [3.63, 3.8) is 0 Å². The highest BCUT2D eigenvalue weighted by molar-refractivity contribution is 14.0. The highest BCUT2D eigenvalue weighted by atomic mass is 127. The number of aliphatic imine (C=N–C) groups is 1. The number of nitrogens with two attached hydrogens (primary N) is 1. The molecule has 0 unspecified atom stereocenters. The fraction of sp³-hybridized carbons (Fsp3) is 0.200. The average Bonchev–Trinajstić information content (AvgIpc) is 3.19. The molecular formula is C20H24IN5O. The summed E-state index contributed by atoms with van der Waals surface area (Å²) < 4.78 is 7.03. The minimum Gasteiger partial charge on any atom is -0.380 e. The number of ether oxygens (including phenoxy) is 1. The number of halogens is 1. The molecule has 0 bridgehead atoms. The fourth-order valence-corrected chi connectivity index (χ4v) is 2.64. The van der Waals surface area contributed by atoms with Crippen LogP contribution in [0.15, 0.2) is 72.0 Å². The molecule has 0 fully saturated rings. The van der Waals surface area contributed by atoms with Crippen LogP contribution in [-0.2, 0) is 17.8 Å². The maximum Gasteiger partial charge on any atom is 0.193 e. The lowest BCUT2D eigenvalue weighted by Gasteiger charge is -2.10. The zero-order chi connectivity index (χ0) is 18.2. The van der Waals surface area contributed by atoms with E-state index >= 15 is 0 Å². The molecule has 3 rings (SSSR count). The molecule has 0 saturated heterocycles. The lowest BCUT2D eigenvalue weighted by molar-refractivity contribution is 0.185. The summed E-state index contributed by atoms with van der Waals surface area (Å²) in [6.07, 6.45) is 4.51. The zero-order valence-corrected chi connectivity index (χ0v) is 17.5. The monoisotopic (exact) mass is 477 g/mol. The quantitative estimate of drug-likeness (QED) is 0.310. The van der Waals surface area contributed by atoms with Gasteiger partial charge in [0.25, 0.3) is 0 Å². The van der Waals surface area contributed by atoms with Crippen LogP contribution in [0.5, 0.6) is 0 Å². The molecule has 0 amide bonds. The molecule has 0 radical (unpaired) electrons. The number of hydrogen-bond acceptors (Lipinski definition) is 3. The van der Waals surface area contributed by atoms with Gasteiger partial charge in [0.1, 0.15) is 0 Å². The van der Waals surface area contributed by atoms with Gasteiger partial charge in [-0.1, -0.05) is 30.3 Å². The Morgan fingerprint density at radius 2 is 1.93 bits per heavy atom. The Labute approximate surface area is 176 Å². The van der Waals surface area contributed by atoms with Crippen LogP contribution in [0.1, 0.15) is 11.1 Å². The van der Waals surface area contributed by atoms with Crippen LogP contribution in [0.25, 0.3) is 5.69 Å². The van der Waals surface area contributed by atoms with Crippen molar-refractivity contribution in [2.45, 2.75) is 13.0 Å². The van der Waals surface area contributed by atoms with Crippen LogP contribution in [0, 0.1) is 0 Å². The number of rotatable bonds is 7. The molecule has 6 nitrogen and oxygen atoms in total. The molecule has 27 heavy (non-hydrogen) atoms. The van der Waals surface area contributed by atoms with Gasteiger partial charge in [-0.2, -0.15) is 5.10 Å². The predicted molar refractivity (Wildman–Crippen MR) is 120 cm³/mol. The van der Waals surface area contributed by atoms with E-state index in [-0.39, 0.29) is 24.0 Å². The van der Waals surface area contributed by atoms with E-state index in [9.17, 15) is 0 Å². The number of nitrogens with zero attached hydrogens (tertiary/aromatic N) is 3. The lowest BCUT2D eigenvalue weighted by Crippen LogP contribution is -2.23. The van der Waals surface area contributed by atoms with Crippen molar-refractivity contribution in [2.24, 2.45) is 10.7 Å². The number of guanidine groups is 1. The second kappa shape index (κ2) is 10.7. The number of hydrogen-bond donors (Lipinski definition) is 2. The van der Waals surface area contributed by atoms with Crippen molar-refractivity contribution in [1.29, 1.82) is 0 Å². The molecule has 0 aliphatic rings. The van der Waals surface area contributed by atoms with E-state index in [4.69, 9.17) is 10.5 Å². The van der Waals surface area contributed by atoms with E-state index < -0.39 is 0 Å². The maximum atomic E-state index is 6.01. The summed E-state index contributed by atoms with van der Waals surface area (Å²) in [6, 6.07) is 18.1. The van der Waals surface area contributed by atoms with Crippen molar-refractivity contribution in [3.8, 4) is 5.69 Å². The standard InChI is InChI=1S/C20H23N5O.HI/c1-26-15-17-5-2-3-6-19(17)24-20(21)22-13-11-16-7-9-18(10-8-16)25-14-4-12-23-25;/h2-10,12,14H,11,13,15H2,1H3,(H3,21,22,24);1H. The number of nitrogens with one attached hydrogen (secondary N) is 1. The molecule has 0 atom stereocenters.